The largest absolute Gasteiger partial charge is 0.506 e. The summed E-state index contributed by atoms with van der Waals surface area (Å²) < 4.78 is 13.6. The molecule has 2 aliphatic rings. The Balaban J connectivity index is 1.94. The molecule has 0 spiro atoms. The highest BCUT2D eigenvalue weighted by molar-refractivity contribution is 6.32. The van der Waals surface area contributed by atoms with Gasteiger partial charge in [0.25, 0.3) is 0 Å². The van der Waals surface area contributed by atoms with Crippen LogP contribution in [0.1, 0.15) is 43.7 Å². The van der Waals surface area contributed by atoms with Crippen LogP contribution in [-0.4, -0.2) is 36.2 Å². The second kappa shape index (κ2) is 7.16. The van der Waals surface area contributed by atoms with Gasteiger partial charge in [0.1, 0.15) is 16.6 Å². The third-order valence-electron chi connectivity index (χ3n) is 5.06. The van der Waals surface area contributed by atoms with E-state index in [-0.39, 0.29) is 16.8 Å². The lowest BCUT2D eigenvalue weighted by molar-refractivity contribution is 0.101. The van der Waals surface area contributed by atoms with Gasteiger partial charge in [0, 0.05) is 37.8 Å². The number of piperazine rings is 1. The van der Waals surface area contributed by atoms with Crippen LogP contribution in [0, 0.1) is 11.7 Å². The Morgan fingerprint density at radius 2 is 1.86 bits per heavy atom. The summed E-state index contributed by atoms with van der Waals surface area (Å²) in [6.07, 6.45) is 6.11. The molecular weight excluding hydrogens is 303 g/mol. The van der Waals surface area contributed by atoms with Crippen molar-refractivity contribution in [1.82, 2.24) is 10.2 Å². The topological polar surface area (TPSA) is 35.5 Å². The van der Waals surface area contributed by atoms with E-state index in [0.717, 1.165) is 31.7 Å². The van der Waals surface area contributed by atoms with Crippen molar-refractivity contribution in [3.63, 3.8) is 0 Å². The third kappa shape index (κ3) is 3.24. The molecule has 0 radical (unpaired) electrons. The number of halogens is 2. The molecule has 122 valence electrons. The lowest BCUT2D eigenvalue weighted by Crippen LogP contribution is -2.47. The molecule has 1 saturated heterocycles. The minimum absolute atomic E-state index is 0.0734. The van der Waals surface area contributed by atoms with Gasteiger partial charge in [0.05, 0.1) is 0 Å². The standard InChI is InChI=1S/C17H24ClFN2O/c18-15-14(19)7-6-13(17(15)22)16(12-4-2-1-3-5-12)21-10-8-20-9-11-21/h6-7,12,16,20,22H,1-5,8-11H2/t16-/m0/s1. The van der Waals surface area contributed by atoms with Gasteiger partial charge >= 0.3 is 0 Å². The number of benzene rings is 1. The zero-order valence-corrected chi connectivity index (χ0v) is 13.6. The quantitative estimate of drug-likeness (QED) is 0.888. The van der Waals surface area contributed by atoms with Gasteiger partial charge in [-0.05, 0) is 24.8 Å². The maximum absolute atomic E-state index is 13.6. The number of nitrogens with zero attached hydrogens (tertiary/aromatic N) is 1. The first-order chi connectivity index (χ1) is 10.7. The number of phenols is 1. The first-order valence-corrected chi connectivity index (χ1v) is 8.68. The Bertz CT molecular complexity index is 496. The Morgan fingerprint density at radius 1 is 1.18 bits per heavy atom. The molecule has 2 fully saturated rings. The summed E-state index contributed by atoms with van der Waals surface area (Å²) in [5, 5.41) is 13.6. The van der Waals surface area contributed by atoms with Gasteiger partial charge in [-0.3, -0.25) is 4.90 Å². The maximum Gasteiger partial charge on any atom is 0.145 e. The summed E-state index contributed by atoms with van der Waals surface area (Å²) in [6, 6.07) is 3.24. The van der Waals surface area contributed by atoms with E-state index in [1.807, 2.05) is 0 Å². The van der Waals surface area contributed by atoms with Crippen LogP contribution in [-0.2, 0) is 0 Å². The molecule has 1 saturated carbocycles. The van der Waals surface area contributed by atoms with Crippen LogP contribution < -0.4 is 5.32 Å². The van der Waals surface area contributed by atoms with Crippen LogP contribution in [0.2, 0.25) is 5.02 Å². The van der Waals surface area contributed by atoms with Crippen molar-refractivity contribution >= 4 is 11.6 Å². The summed E-state index contributed by atoms with van der Waals surface area (Å²) in [5.74, 6) is -0.110. The molecule has 1 aliphatic heterocycles. The van der Waals surface area contributed by atoms with E-state index in [1.54, 1.807) is 6.07 Å². The molecule has 0 aromatic heterocycles. The smallest absolute Gasteiger partial charge is 0.145 e. The molecule has 0 amide bonds. The normalized spacial score (nSPS) is 22.6. The number of phenolic OH excluding ortho intramolecular Hbond substituents is 1. The minimum atomic E-state index is -0.550. The van der Waals surface area contributed by atoms with Crippen LogP contribution in [0.25, 0.3) is 0 Å². The van der Waals surface area contributed by atoms with Gasteiger partial charge in [0.15, 0.2) is 0 Å². The molecular formula is C17H24ClFN2O. The summed E-state index contributed by atoms with van der Waals surface area (Å²) in [7, 11) is 0. The highest BCUT2D eigenvalue weighted by atomic mass is 35.5. The van der Waals surface area contributed by atoms with Gasteiger partial charge in [-0.25, -0.2) is 4.39 Å². The van der Waals surface area contributed by atoms with Gasteiger partial charge in [0.2, 0.25) is 0 Å². The van der Waals surface area contributed by atoms with Crippen molar-refractivity contribution in [2.24, 2.45) is 5.92 Å². The van der Waals surface area contributed by atoms with Gasteiger partial charge in [-0.2, -0.15) is 0 Å². The van der Waals surface area contributed by atoms with E-state index in [1.165, 1.54) is 38.2 Å². The summed E-state index contributed by atoms with van der Waals surface area (Å²) in [5.41, 5.74) is 0.792. The minimum Gasteiger partial charge on any atom is -0.506 e. The lowest BCUT2D eigenvalue weighted by Gasteiger charge is -2.41. The van der Waals surface area contributed by atoms with Gasteiger partial charge in [-0.1, -0.05) is 36.9 Å². The third-order valence-corrected chi connectivity index (χ3v) is 5.42. The van der Waals surface area contributed by atoms with E-state index in [4.69, 9.17) is 11.6 Å². The van der Waals surface area contributed by atoms with Crippen molar-refractivity contribution in [3.05, 3.63) is 28.5 Å². The molecule has 5 heteroatoms. The van der Waals surface area contributed by atoms with Crippen LogP contribution in [0.5, 0.6) is 5.75 Å². The number of nitrogens with one attached hydrogen (secondary N) is 1. The molecule has 0 bridgehead atoms. The molecule has 2 N–H and O–H groups in total. The fraction of sp³-hybridized carbons (Fsp3) is 0.647. The number of rotatable bonds is 3. The van der Waals surface area contributed by atoms with Crippen molar-refractivity contribution in [2.75, 3.05) is 26.2 Å². The second-order valence-electron chi connectivity index (χ2n) is 6.43. The summed E-state index contributed by atoms with van der Waals surface area (Å²) in [4.78, 5) is 2.43. The molecule has 1 heterocycles. The SMILES string of the molecule is Oc1c([C@H](C2CCCCC2)N2CCNCC2)ccc(F)c1Cl. The van der Waals surface area contributed by atoms with Crippen LogP contribution in [0.3, 0.4) is 0 Å². The molecule has 1 atom stereocenters. The second-order valence-corrected chi connectivity index (χ2v) is 6.81. The van der Waals surface area contributed by atoms with Gasteiger partial charge < -0.3 is 10.4 Å². The zero-order chi connectivity index (χ0) is 15.5. The van der Waals surface area contributed by atoms with Crippen molar-refractivity contribution in [2.45, 2.75) is 38.1 Å². The van der Waals surface area contributed by atoms with E-state index in [2.05, 4.69) is 10.2 Å². The summed E-state index contributed by atoms with van der Waals surface area (Å²) in [6.45, 7) is 3.82. The Labute approximate surface area is 136 Å². The fourth-order valence-electron chi connectivity index (χ4n) is 3.95. The molecule has 0 unspecified atom stereocenters. The summed E-state index contributed by atoms with van der Waals surface area (Å²) >= 11 is 5.95. The number of hydrogen-bond acceptors (Lipinski definition) is 3. The number of aromatic hydroxyl groups is 1. The average Bonchev–Trinajstić information content (AvgIpc) is 2.57. The lowest BCUT2D eigenvalue weighted by atomic mass is 9.80. The Hall–Kier alpha value is -0.840. The van der Waals surface area contributed by atoms with E-state index < -0.39 is 5.82 Å². The van der Waals surface area contributed by atoms with Crippen LogP contribution in [0.15, 0.2) is 12.1 Å². The zero-order valence-electron chi connectivity index (χ0n) is 12.8. The predicted octanol–water partition coefficient (Wildman–Crippen LogP) is 3.71. The maximum atomic E-state index is 13.6. The average molecular weight is 327 g/mol. The molecule has 1 aliphatic carbocycles. The van der Waals surface area contributed by atoms with E-state index >= 15 is 0 Å². The van der Waals surface area contributed by atoms with Crippen LogP contribution in [0.4, 0.5) is 4.39 Å². The Morgan fingerprint density at radius 3 is 2.55 bits per heavy atom. The molecule has 3 nitrogen and oxygen atoms in total. The predicted molar refractivity (Wildman–Crippen MR) is 86.8 cm³/mol. The first-order valence-electron chi connectivity index (χ1n) is 8.30. The van der Waals surface area contributed by atoms with Crippen molar-refractivity contribution in [1.29, 1.82) is 0 Å². The fourth-order valence-corrected chi connectivity index (χ4v) is 4.12. The highest BCUT2D eigenvalue weighted by Crippen LogP contribution is 2.43. The number of hydrogen-bond donors (Lipinski definition) is 2. The first kappa shape index (κ1) is 16.0. The van der Waals surface area contributed by atoms with E-state index in [9.17, 15) is 9.50 Å². The van der Waals surface area contributed by atoms with E-state index in [0.29, 0.717) is 5.92 Å². The molecule has 3 rings (SSSR count). The molecule has 1 aromatic carbocycles. The molecule has 1 aromatic rings. The van der Waals surface area contributed by atoms with Crippen molar-refractivity contribution in [3.8, 4) is 5.75 Å². The highest BCUT2D eigenvalue weighted by Gasteiger charge is 2.33. The molecule has 22 heavy (non-hydrogen) atoms. The monoisotopic (exact) mass is 326 g/mol. The van der Waals surface area contributed by atoms with Gasteiger partial charge in [-0.15, -0.1) is 0 Å². The van der Waals surface area contributed by atoms with Crippen LogP contribution >= 0.6 is 11.6 Å². The van der Waals surface area contributed by atoms with Crippen molar-refractivity contribution < 1.29 is 9.50 Å². The Kier molecular flexibility index (Phi) is 5.21.